The van der Waals surface area contributed by atoms with Crippen molar-refractivity contribution in [3.8, 4) is 0 Å². The molecule has 2 heterocycles. The Morgan fingerprint density at radius 1 is 1.50 bits per heavy atom. The SMILES string of the molecule is CC(C)(C(=O)O)c1csc(CCc2ccco2)n1. The maximum absolute atomic E-state index is 11.1. The van der Waals surface area contributed by atoms with Crippen LogP contribution < -0.4 is 0 Å². The van der Waals surface area contributed by atoms with E-state index in [-0.39, 0.29) is 0 Å². The van der Waals surface area contributed by atoms with E-state index in [1.165, 1.54) is 11.3 Å². The normalized spacial score (nSPS) is 11.7. The van der Waals surface area contributed by atoms with E-state index >= 15 is 0 Å². The van der Waals surface area contributed by atoms with E-state index in [4.69, 9.17) is 9.52 Å². The first-order chi connectivity index (χ1) is 8.50. The van der Waals surface area contributed by atoms with Gasteiger partial charge in [-0.2, -0.15) is 0 Å². The van der Waals surface area contributed by atoms with Gasteiger partial charge in [0.05, 0.1) is 17.0 Å². The van der Waals surface area contributed by atoms with Gasteiger partial charge in [-0.25, -0.2) is 4.98 Å². The topological polar surface area (TPSA) is 63.3 Å². The number of carboxylic acid groups (broad SMARTS) is 1. The van der Waals surface area contributed by atoms with Gasteiger partial charge >= 0.3 is 5.97 Å². The molecule has 0 fully saturated rings. The summed E-state index contributed by atoms with van der Waals surface area (Å²) in [5.74, 6) is 0.0645. The molecule has 2 aromatic rings. The zero-order valence-electron chi connectivity index (χ0n) is 10.3. The van der Waals surface area contributed by atoms with Crippen LogP contribution in [0.1, 0.15) is 30.3 Å². The highest BCUT2D eigenvalue weighted by Crippen LogP contribution is 2.25. The van der Waals surface area contributed by atoms with Gasteiger partial charge in [-0.15, -0.1) is 11.3 Å². The van der Waals surface area contributed by atoms with Crippen molar-refractivity contribution in [2.75, 3.05) is 0 Å². The predicted molar refractivity (Wildman–Crippen MR) is 68.9 cm³/mol. The third kappa shape index (κ3) is 2.61. The molecule has 0 aliphatic heterocycles. The van der Waals surface area contributed by atoms with E-state index in [9.17, 15) is 4.79 Å². The van der Waals surface area contributed by atoms with Gasteiger partial charge < -0.3 is 9.52 Å². The molecule has 1 N–H and O–H groups in total. The van der Waals surface area contributed by atoms with Gasteiger partial charge in [-0.05, 0) is 26.0 Å². The highest BCUT2D eigenvalue weighted by molar-refractivity contribution is 7.09. The summed E-state index contributed by atoms with van der Waals surface area (Å²) in [6.45, 7) is 3.33. The first-order valence-corrected chi connectivity index (χ1v) is 6.59. The Morgan fingerprint density at radius 2 is 2.28 bits per heavy atom. The number of hydrogen-bond donors (Lipinski definition) is 1. The molecule has 0 aliphatic rings. The number of rotatable bonds is 5. The number of furan rings is 1. The number of thiazole rings is 1. The number of aryl methyl sites for hydroxylation is 2. The number of aliphatic carboxylic acids is 1. The molecular weight excluding hydrogens is 250 g/mol. The fraction of sp³-hybridized carbons (Fsp3) is 0.385. The molecule has 0 aromatic carbocycles. The Balaban J connectivity index is 2.04. The minimum Gasteiger partial charge on any atom is -0.481 e. The largest absolute Gasteiger partial charge is 0.481 e. The van der Waals surface area contributed by atoms with Crippen LogP contribution in [0.25, 0.3) is 0 Å². The second-order valence-corrected chi connectivity index (χ2v) is 5.58. The number of carbonyl (C=O) groups is 1. The lowest BCUT2D eigenvalue weighted by Crippen LogP contribution is -2.28. The van der Waals surface area contributed by atoms with Gasteiger partial charge in [-0.3, -0.25) is 4.79 Å². The third-order valence-corrected chi connectivity index (χ3v) is 3.80. The van der Waals surface area contributed by atoms with Crippen LogP contribution in [0.4, 0.5) is 0 Å². The molecule has 0 aliphatic carbocycles. The highest BCUT2D eigenvalue weighted by Gasteiger charge is 2.31. The Bertz CT molecular complexity index is 528. The van der Waals surface area contributed by atoms with E-state index in [2.05, 4.69) is 4.98 Å². The number of nitrogens with zero attached hydrogens (tertiary/aromatic N) is 1. The van der Waals surface area contributed by atoms with Crippen LogP contribution in [0.5, 0.6) is 0 Å². The molecule has 0 bridgehead atoms. The Morgan fingerprint density at radius 3 is 2.89 bits per heavy atom. The first kappa shape index (κ1) is 12.8. The van der Waals surface area contributed by atoms with Crippen LogP contribution in [0.3, 0.4) is 0 Å². The average molecular weight is 265 g/mol. The summed E-state index contributed by atoms with van der Waals surface area (Å²) in [7, 11) is 0. The Labute approximate surface area is 109 Å². The molecule has 0 saturated carbocycles. The van der Waals surface area contributed by atoms with Gasteiger partial charge in [0, 0.05) is 18.2 Å². The molecule has 96 valence electrons. The Hall–Kier alpha value is -1.62. The summed E-state index contributed by atoms with van der Waals surface area (Å²) in [4.78, 5) is 15.5. The lowest BCUT2D eigenvalue weighted by Gasteiger charge is -2.15. The smallest absolute Gasteiger partial charge is 0.315 e. The van der Waals surface area contributed by atoms with E-state index in [1.807, 2.05) is 17.5 Å². The van der Waals surface area contributed by atoms with Crippen molar-refractivity contribution >= 4 is 17.3 Å². The van der Waals surface area contributed by atoms with Crippen LogP contribution in [-0.4, -0.2) is 16.1 Å². The zero-order chi connectivity index (χ0) is 13.2. The summed E-state index contributed by atoms with van der Waals surface area (Å²) < 4.78 is 5.25. The molecule has 0 spiro atoms. The average Bonchev–Trinajstić information content (AvgIpc) is 2.97. The summed E-state index contributed by atoms with van der Waals surface area (Å²) in [5, 5.41) is 11.9. The van der Waals surface area contributed by atoms with E-state index in [0.717, 1.165) is 23.6 Å². The third-order valence-electron chi connectivity index (χ3n) is 2.89. The number of aromatic nitrogens is 1. The van der Waals surface area contributed by atoms with Crippen LogP contribution in [0.15, 0.2) is 28.2 Å². The molecule has 18 heavy (non-hydrogen) atoms. The zero-order valence-corrected chi connectivity index (χ0v) is 11.2. The maximum atomic E-state index is 11.1. The summed E-state index contributed by atoms with van der Waals surface area (Å²) in [6, 6.07) is 3.78. The monoisotopic (exact) mass is 265 g/mol. The minimum atomic E-state index is -0.931. The van der Waals surface area contributed by atoms with Crippen LogP contribution in [0.2, 0.25) is 0 Å². The Kier molecular flexibility index (Phi) is 3.52. The van der Waals surface area contributed by atoms with Crippen molar-refractivity contribution in [1.29, 1.82) is 0 Å². The molecular formula is C13H15NO3S. The quantitative estimate of drug-likeness (QED) is 0.902. The maximum Gasteiger partial charge on any atom is 0.315 e. The molecule has 2 rings (SSSR count). The van der Waals surface area contributed by atoms with Crippen molar-refractivity contribution in [3.05, 3.63) is 40.2 Å². The van der Waals surface area contributed by atoms with Crippen molar-refractivity contribution < 1.29 is 14.3 Å². The second kappa shape index (κ2) is 4.94. The van der Waals surface area contributed by atoms with E-state index in [0.29, 0.717) is 5.69 Å². The fourth-order valence-electron chi connectivity index (χ4n) is 1.51. The molecule has 0 amide bonds. The van der Waals surface area contributed by atoms with Crippen LogP contribution in [0, 0.1) is 0 Å². The molecule has 0 atom stereocenters. The fourth-order valence-corrected chi connectivity index (χ4v) is 2.47. The predicted octanol–water partition coefficient (Wildman–Crippen LogP) is 2.88. The summed E-state index contributed by atoms with van der Waals surface area (Å²) in [5.41, 5.74) is -0.311. The second-order valence-electron chi connectivity index (χ2n) is 4.64. The highest BCUT2D eigenvalue weighted by atomic mass is 32.1. The van der Waals surface area contributed by atoms with Gasteiger partial charge in [0.15, 0.2) is 0 Å². The van der Waals surface area contributed by atoms with Gasteiger partial charge in [-0.1, -0.05) is 0 Å². The lowest BCUT2D eigenvalue weighted by molar-refractivity contribution is -0.142. The molecule has 2 aromatic heterocycles. The first-order valence-electron chi connectivity index (χ1n) is 5.71. The molecule has 0 saturated heterocycles. The van der Waals surface area contributed by atoms with Gasteiger partial charge in [0.2, 0.25) is 0 Å². The van der Waals surface area contributed by atoms with Crippen LogP contribution in [-0.2, 0) is 23.1 Å². The lowest BCUT2D eigenvalue weighted by atomic mass is 9.90. The van der Waals surface area contributed by atoms with Crippen molar-refractivity contribution in [2.45, 2.75) is 32.1 Å². The van der Waals surface area contributed by atoms with Crippen molar-refractivity contribution in [3.63, 3.8) is 0 Å². The number of hydrogen-bond acceptors (Lipinski definition) is 4. The van der Waals surface area contributed by atoms with E-state index < -0.39 is 11.4 Å². The summed E-state index contributed by atoms with van der Waals surface area (Å²) >= 11 is 1.50. The molecule has 0 unspecified atom stereocenters. The van der Waals surface area contributed by atoms with Crippen molar-refractivity contribution in [1.82, 2.24) is 4.98 Å². The standard InChI is InChI=1S/C13H15NO3S/c1-13(2,12(15)16)10-8-18-11(14-10)6-5-9-4-3-7-17-9/h3-4,7-8H,5-6H2,1-2H3,(H,15,16). The van der Waals surface area contributed by atoms with Crippen LogP contribution >= 0.6 is 11.3 Å². The van der Waals surface area contributed by atoms with Crippen molar-refractivity contribution in [2.24, 2.45) is 0 Å². The van der Waals surface area contributed by atoms with E-state index in [1.54, 1.807) is 20.1 Å². The molecule has 4 nitrogen and oxygen atoms in total. The van der Waals surface area contributed by atoms with Gasteiger partial charge in [0.25, 0.3) is 0 Å². The van der Waals surface area contributed by atoms with Gasteiger partial charge in [0.1, 0.15) is 11.2 Å². The molecule has 5 heteroatoms. The molecule has 0 radical (unpaired) electrons. The number of carboxylic acids is 1. The summed E-state index contributed by atoms with van der Waals surface area (Å²) in [6.07, 6.45) is 3.21. The minimum absolute atomic E-state index is 0.620.